The van der Waals surface area contributed by atoms with E-state index >= 15 is 0 Å². The van der Waals surface area contributed by atoms with Gasteiger partial charge in [0.1, 0.15) is 13.2 Å². The van der Waals surface area contributed by atoms with Crippen LogP contribution in [0.3, 0.4) is 0 Å². The third-order valence-corrected chi connectivity index (χ3v) is 13.2. The second-order valence-electron chi connectivity index (χ2n) is 19.5. The first kappa shape index (κ1) is 60.4. The van der Waals surface area contributed by atoms with Crippen LogP contribution in [0.15, 0.2) is 0 Å². The molecule has 0 aromatic heterocycles. The normalized spacial score (nSPS) is 12.4. The Balaban J connectivity index is 4.28. The standard InChI is InChI=1S/C56H108O6/c1-5-8-10-12-14-16-18-19-20-24-28-32-36-40-44-48-55(58)61-51-53(50-60-54(57)47-43-39-35-31-26-17-15-13-11-9-6-2)62-56(59)49-45-41-37-33-29-25-22-21-23-27-30-34-38-42-46-52(4)7-3/h52-53H,5-51H2,1-4H3/t52?,53-/m0/s1. The van der Waals surface area contributed by atoms with Gasteiger partial charge in [0.05, 0.1) is 0 Å². The van der Waals surface area contributed by atoms with Crippen LogP contribution in [0.1, 0.15) is 317 Å². The number of ether oxygens (including phenoxy) is 3. The van der Waals surface area contributed by atoms with Crippen LogP contribution >= 0.6 is 0 Å². The summed E-state index contributed by atoms with van der Waals surface area (Å²) in [6.45, 7) is 9.08. The fraction of sp³-hybridized carbons (Fsp3) is 0.946. The molecular formula is C56H108O6. The van der Waals surface area contributed by atoms with Crippen molar-refractivity contribution >= 4 is 17.9 Å². The molecule has 0 fully saturated rings. The maximum Gasteiger partial charge on any atom is 0.306 e. The van der Waals surface area contributed by atoms with Crippen LogP contribution in [0.25, 0.3) is 0 Å². The molecule has 1 unspecified atom stereocenters. The molecule has 0 aliphatic carbocycles. The summed E-state index contributed by atoms with van der Waals surface area (Å²) in [4.78, 5) is 38.0. The second kappa shape index (κ2) is 50.4. The molecule has 6 heteroatoms. The molecule has 0 saturated heterocycles. The Morgan fingerprint density at radius 2 is 0.565 bits per heavy atom. The summed E-state index contributed by atoms with van der Waals surface area (Å²) in [5, 5.41) is 0. The summed E-state index contributed by atoms with van der Waals surface area (Å²) in [5.41, 5.74) is 0. The summed E-state index contributed by atoms with van der Waals surface area (Å²) in [7, 11) is 0. The van der Waals surface area contributed by atoms with Gasteiger partial charge in [-0.05, 0) is 25.2 Å². The van der Waals surface area contributed by atoms with Gasteiger partial charge in [-0.2, -0.15) is 0 Å². The summed E-state index contributed by atoms with van der Waals surface area (Å²) in [6.07, 6.45) is 53.7. The molecule has 0 heterocycles. The highest BCUT2D eigenvalue weighted by Crippen LogP contribution is 2.18. The second-order valence-corrected chi connectivity index (χ2v) is 19.5. The first-order valence-corrected chi connectivity index (χ1v) is 27.9. The van der Waals surface area contributed by atoms with Gasteiger partial charge in [0.15, 0.2) is 6.10 Å². The van der Waals surface area contributed by atoms with Crippen molar-refractivity contribution in [3.8, 4) is 0 Å². The first-order chi connectivity index (χ1) is 30.4. The number of hydrogen-bond acceptors (Lipinski definition) is 6. The molecule has 0 radical (unpaired) electrons. The lowest BCUT2D eigenvalue weighted by atomic mass is 9.99. The molecule has 0 aliphatic heterocycles. The molecule has 0 rings (SSSR count). The zero-order chi connectivity index (χ0) is 45.2. The van der Waals surface area contributed by atoms with Crippen molar-refractivity contribution in [3.05, 3.63) is 0 Å². The van der Waals surface area contributed by atoms with E-state index in [1.54, 1.807) is 0 Å². The minimum atomic E-state index is -0.761. The minimum Gasteiger partial charge on any atom is -0.462 e. The van der Waals surface area contributed by atoms with Gasteiger partial charge in [0.25, 0.3) is 0 Å². The van der Waals surface area contributed by atoms with Crippen molar-refractivity contribution in [1.82, 2.24) is 0 Å². The molecule has 0 N–H and O–H groups in total. The van der Waals surface area contributed by atoms with Gasteiger partial charge in [0, 0.05) is 19.3 Å². The van der Waals surface area contributed by atoms with Gasteiger partial charge in [-0.25, -0.2) is 0 Å². The molecule has 0 amide bonds. The Labute approximate surface area is 387 Å². The van der Waals surface area contributed by atoms with Crippen molar-refractivity contribution in [1.29, 1.82) is 0 Å². The number of carbonyl (C=O) groups is 3. The highest BCUT2D eigenvalue weighted by atomic mass is 16.6. The number of hydrogen-bond donors (Lipinski definition) is 0. The highest BCUT2D eigenvalue weighted by molar-refractivity contribution is 5.71. The molecule has 0 spiro atoms. The summed E-state index contributed by atoms with van der Waals surface area (Å²) in [5.74, 6) is 0.0557. The molecule has 62 heavy (non-hydrogen) atoms. The Hall–Kier alpha value is -1.59. The molecule has 0 aliphatic rings. The number of rotatable bonds is 51. The minimum absolute atomic E-state index is 0.0621. The van der Waals surface area contributed by atoms with E-state index in [1.807, 2.05) is 0 Å². The van der Waals surface area contributed by atoms with Gasteiger partial charge in [-0.15, -0.1) is 0 Å². The lowest BCUT2D eigenvalue weighted by Gasteiger charge is -2.18. The van der Waals surface area contributed by atoms with Crippen molar-refractivity contribution in [3.63, 3.8) is 0 Å². The van der Waals surface area contributed by atoms with E-state index in [0.717, 1.165) is 63.7 Å². The number of carbonyl (C=O) groups excluding carboxylic acids is 3. The predicted octanol–water partition coefficient (Wildman–Crippen LogP) is 18.2. The SMILES string of the molecule is CCCCCCCCCCCCCCCCCC(=O)OC[C@H](COC(=O)CCCCCCCCCCCCC)OC(=O)CCCCCCCCCCCCCCCCC(C)CC. The van der Waals surface area contributed by atoms with Gasteiger partial charge in [-0.3, -0.25) is 14.4 Å². The Bertz CT molecular complexity index is 935. The van der Waals surface area contributed by atoms with E-state index < -0.39 is 6.10 Å². The lowest BCUT2D eigenvalue weighted by Crippen LogP contribution is -2.30. The summed E-state index contributed by atoms with van der Waals surface area (Å²) < 4.78 is 16.9. The van der Waals surface area contributed by atoms with E-state index in [9.17, 15) is 14.4 Å². The molecule has 368 valence electrons. The average molecular weight is 877 g/mol. The lowest BCUT2D eigenvalue weighted by molar-refractivity contribution is -0.167. The Morgan fingerprint density at radius 1 is 0.323 bits per heavy atom. The van der Waals surface area contributed by atoms with E-state index in [4.69, 9.17) is 14.2 Å². The van der Waals surface area contributed by atoms with Crippen LogP contribution in [0.4, 0.5) is 0 Å². The smallest absolute Gasteiger partial charge is 0.306 e. The van der Waals surface area contributed by atoms with Crippen molar-refractivity contribution in [2.24, 2.45) is 5.92 Å². The van der Waals surface area contributed by atoms with Gasteiger partial charge in [-0.1, -0.05) is 278 Å². The summed E-state index contributed by atoms with van der Waals surface area (Å²) in [6, 6.07) is 0. The number of unbranched alkanes of at least 4 members (excludes halogenated alkanes) is 37. The molecular weight excluding hydrogens is 769 g/mol. The van der Waals surface area contributed by atoms with Crippen LogP contribution in [0.2, 0.25) is 0 Å². The summed E-state index contributed by atoms with van der Waals surface area (Å²) >= 11 is 0. The third kappa shape index (κ3) is 47.9. The van der Waals surface area contributed by atoms with Crippen LogP contribution in [0.5, 0.6) is 0 Å². The van der Waals surface area contributed by atoms with Crippen molar-refractivity contribution < 1.29 is 28.6 Å². The topological polar surface area (TPSA) is 78.9 Å². The third-order valence-electron chi connectivity index (χ3n) is 13.2. The number of esters is 3. The highest BCUT2D eigenvalue weighted by Gasteiger charge is 2.19. The molecule has 0 aromatic carbocycles. The molecule has 0 saturated carbocycles. The van der Waals surface area contributed by atoms with Crippen LogP contribution in [-0.4, -0.2) is 37.2 Å². The largest absolute Gasteiger partial charge is 0.462 e. The van der Waals surface area contributed by atoms with Crippen molar-refractivity contribution in [2.75, 3.05) is 13.2 Å². The maximum atomic E-state index is 12.8. The monoisotopic (exact) mass is 877 g/mol. The maximum absolute atomic E-state index is 12.8. The Morgan fingerprint density at radius 3 is 0.839 bits per heavy atom. The quantitative estimate of drug-likeness (QED) is 0.0344. The Kier molecular flexibility index (Phi) is 49.1. The molecule has 0 aromatic rings. The van der Waals surface area contributed by atoms with E-state index in [0.29, 0.717) is 19.3 Å². The average Bonchev–Trinajstić information content (AvgIpc) is 3.27. The molecule has 2 atom stereocenters. The van der Waals surface area contributed by atoms with Crippen LogP contribution in [0, 0.1) is 5.92 Å². The first-order valence-electron chi connectivity index (χ1n) is 27.9. The van der Waals surface area contributed by atoms with Gasteiger partial charge < -0.3 is 14.2 Å². The molecule has 6 nitrogen and oxygen atoms in total. The fourth-order valence-corrected chi connectivity index (χ4v) is 8.54. The van der Waals surface area contributed by atoms with Crippen LogP contribution in [-0.2, 0) is 28.6 Å². The fourth-order valence-electron chi connectivity index (χ4n) is 8.54. The van der Waals surface area contributed by atoms with E-state index in [2.05, 4.69) is 27.7 Å². The van der Waals surface area contributed by atoms with Gasteiger partial charge >= 0.3 is 17.9 Å². The van der Waals surface area contributed by atoms with Crippen LogP contribution < -0.4 is 0 Å². The van der Waals surface area contributed by atoms with Crippen molar-refractivity contribution in [2.45, 2.75) is 323 Å². The van der Waals surface area contributed by atoms with E-state index in [-0.39, 0.29) is 31.1 Å². The van der Waals surface area contributed by atoms with Gasteiger partial charge in [0.2, 0.25) is 0 Å². The van der Waals surface area contributed by atoms with E-state index in [1.165, 1.54) is 212 Å². The predicted molar refractivity (Wildman–Crippen MR) is 266 cm³/mol. The molecule has 0 bridgehead atoms. The zero-order valence-corrected chi connectivity index (χ0v) is 42.3. The zero-order valence-electron chi connectivity index (χ0n) is 42.3.